The molecule has 0 heterocycles. The first kappa shape index (κ1) is 12.6. The van der Waals surface area contributed by atoms with Crippen molar-refractivity contribution < 1.29 is 0 Å². The molecule has 1 heteroatoms. The first-order chi connectivity index (χ1) is 8.08. The molecule has 1 aliphatic carbocycles. The van der Waals surface area contributed by atoms with Crippen molar-refractivity contribution in [2.45, 2.75) is 58.9 Å². The van der Waals surface area contributed by atoms with Gasteiger partial charge in [0.25, 0.3) is 0 Å². The topological polar surface area (TPSA) is 26.0 Å². The van der Waals surface area contributed by atoms with E-state index in [9.17, 15) is 0 Å². The molecule has 1 aromatic rings. The van der Waals surface area contributed by atoms with E-state index >= 15 is 0 Å². The summed E-state index contributed by atoms with van der Waals surface area (Å²) in [5, 5.41) is 0. The molecular formula is C16H25N. The summed E-state index contributed by atoms with van der Waals surface area (Å²) >= 11 is 0. The molecule has 0 amide bonds. The van der Waals surface area contributed by atoms with Crippen LogP contribution in [0.4, 0.5) is 0 Å². The minimum atomic E-state index is 0.465. The lowest BCUT2D eigenvalue weighted by Crippen LogP contribution is -2.27. The molecule has 0 atom stereocenters. The monoisotopic (exact) mass is 231 g/mol. The molecular weight excluding hydrogens is 206 g/mol. The summed E-state index contributed by atoms with van der Waals surface area (Å²) in [4.78, 5) is 0. The molecule has 17 heavy (non-hydrogen) atoms. The summed E-state index contributed by atoms with van der Waals surface area (Å²) in [5.41, 5.74) is 11.9. The molecule has 0 aromatic heterocycles. The second kappa shape index (κ2) is 5.22. The average molecular weight is 231 g/mol. The molecule has 0 aliphatic heterocycles. The van der Waals surface area contributed by atoms with Crippen molar-refractivity contribution in [3.05, 3.63) is 34.4 Å². The van der Waals surface area contributed by atoms with Crippen molar-refractivity contribution in [1.29, 1.82) is 0 Å². The molecule has 1 fully saturated rings. The molecule has 2 N–H and O–H groups in total. The average Bonchev–Trinajstić information content (AvgIpc) is 2.33. The van der Waals surface area contributed by atoms with Crippen LogP contribution >= 0.6 is 0 Å². The number of benzene rings is 1. The lowest BCUT2D eigenvalue weighted by molar-refractivity contribution is 0.324. The van der Waals surface area contributed by atoms with E-state index in [1.165, 1.54) is 48.8 Å². The fourth-order valence-electron chi connectivity index (χ4n) is 2.94. The van der Waals surface area contributed by atoms with Crippen LogP contribution in [0.5, 0.6) is 0 Å². The number of nitrogens with two attached hydrogens (primary N) is 1. The molecule has 0 radical (unpaired) electrons. The Labute approximate surface area is 105 Å². The van der Waals surface area contributed by atoms with E-state index in [-0.39, 0.29) is 0 Å². The Morgan fingerprint density at radius 3 is 2.29 bits per heavy atom. The molecule has 1 aliphatic rings. The fraction of sp³-hybridized carbons (Fsp3) is 0.625. The summed E-state index contributed by atoms with van der Waals surface area (Å²) in [6.07, 6.45) is 6.31. The Morgan fingerprint density at radius 2 is 1.65 bits per heavy atom. The zero-order valence-corrected chi connectivity index (χ0v) is 11.4. The van der Waals surface area contributed by atoms with E-state index < -0.39 is 0 Å². The maximum absolute atomic E-state index is 5.96. The lowest BCUT2D eigenvalue weighted by Gasteiger charge is -2.26. The van der Waals surface area contributed by atoms with Crippen LogP contribution in [-0.2, 0) is 6.42 Å². The minimum Gasteiger partial charge on any atom is -0.328 e. The Kier molecular flexibility index (Phi) is 3.88. The van der Waals surface area contributed by atoms with E-state index in [0.717, 1.165) is 5.92 Å². The Bertz CT molecular complexity index is 387. The summed E-state index contributed by atoms with van der Waals surface area (Å²) in [6.45, 7) is 6.71. The minimum absolute atomic E-state index is 0.465. The van der Waals surface area contributed by atoms with Gasteiger partial charge in [0.1, 0.15) is 0 Å². The normalized spacial score (nSPS) is 24.9. The standard InChI is InChI=1S/C16H25N/c1-11-4-7-15(13(3)12(11)2)10-14-5-8-16(17)9-6-14/h4,7,14,16H,5-6,8-10,17H2,1-3H3. The second-order valence-corrected chi connectivity index (χ2v) is 5.78. The summed E-state index contributed by atoms with van der Waals surface area (Å²) in [5.74, 6) is 0.857. The Balaban J connectivity index is 2.06. The van der Waals surface area contributed by atoms with Crippen LogP contribution in [0.15, 0.2) is 12.1 Å². The van der Waals surface area contributed by atoms with Gasteiger partial charge in [-0.05, 0) is 81.0 Å². The number of hydrogen-bond donors (Lipinski definition) is 1. The van der Waals surface area contributed by atoms with Gasteiger partial charge in [0, 0.05) is 6.04 Å². The van der Waals surface area contributed by atoms with Crippen LogP contribution in [-0.4, -0.2) is 6.04 Å². The van der Waals surface area contributed by atoms with Gasteiger partial charge in [-0.3, -0.25) is 0 Å². The molecule has 0 saturated heterocycles. The van der Waals surface area contributed by atoms with E-state index in [4.69, 9.17) is 5.73 Å². The van der Waals surface area contributed by atoms with Gasteiger partial charge in [-0.2, -0.15) is 0 Å². The van der Waals surface area contributed by atoms with E-state index in [1.807, 2.05) is 0 Å². The van der Waals surface area contributed by atoms with E-state index in [0.29, 0.717) is 6.04 Å². The highest BCUT2D eigenvalue weighted by Gasteiger charge is 2.19. The van der Waals surface area contributed by atoms with E-state index in [1.54, 1.807) is 5.56 Å². The van der Waals surface area contributed by atoms with Crippen LogP contribution in [0.1, 0.15) is 47.9 Å². The quantitative estimate of drug-likeness (QED) is 0.825. The van der Waals surface area contributed by atoms with Gasteiger partial charge in [-0.15, -0.1) is 0 Å². The number of rotatable bonds is 2. The number of hydrogen-bond acceptors (Lipinski definition) is 1. The van der Waals surface area contributed by atoms with Crippen LogP contribution in [0.3, 0.4) is 0 Å². The van der Waals surface area contributed by atoms with Gasteiger partial charge < -0.3 is 5.73 Å². The largest absolute Gasteiger partial charge is 0.328 e. The third-order valence-electron chi connectivity index (χ3n) is 4.57. The molecule has 0 spiro atoms. The van der Waals surface area contributed by atoms with Gasteiger partial charge in [-0.25, -0.2) is 0 Å². The van der Waals surface area contributed by atoms with Crippen molar-refractivity contribution in [2.75, 3.05) is 0 Å². The Morgan fingerprint density at radius 1 is 1.00 bits per heavy atom. The SMILES string of the molecule is Cc1ccc(CC2CCC(N)CC2)c(C)c1C. The highest BCUT2D eigenvalue weighted by molar-refractivity contribution is 5.38. The van der Waals surface area contributed by atoms with Crippen molar-refractivity contribution >= 4 is 0 Å². The van der Waals surface area contributed by atoms with Crippen molar-refractivity contribution in [3.8, 4) is 0 Å². The maximum atomic E-state index is 5.96. The third kappa shape index (κ3) is 2.90. The van der Waals surface area contributed by atoms with Crippen LogP contribution in [0.25, 0.3) is 0 Å². The maximum Gasteiger partial charge on any atom is 0.00390 e. The lowest BCUT2D eigenvalue weighted by atomic mass is 9.81. The van der Waals surface area contributed by atoms with Crippen LogP contribution < -0.4 is 5.73 Å². The molecule has 1 aromatic carbocycles. The molecule has 0 unspecified atom stereocenters. The molecule has 94 valence electrons. The zero-order valence-electron chi connectivity index (χ0n) is 11.4. The van der Waals surface area contributed by atoms with Crippen molar-refractivity contribution in [1.82, 2.24) is 0 Å². The smallest absolute Gasteiger partial charge is 0.00390 e. The van der Waals surface area contributed by atoms with E-state index in [2.05, 4.69) is 32.9 Å². The zero-order chi connectivity index (χ0) is 12.4. The van der Waals surface area contributed by atoms with Gasteiger partial charge >= 0.3 is 0 Å². The predicted molar refractivity (Wildman–Crippen MR) is 74.3 cm³/mol. The van der Waals surface area contributed by atoms with Gasteiger partial charge in [0.15, 0.2) is 0 Å². The van der Waals surface area contributed by atoms with Gasteiger partial charge in [-0.1, -0.05) is 12.1 Å². The third-order valence-corrected chi connectivity index (χ3v) is 4.57. The molecule has 2 rings (SSSR count). The highest BCUT2D eigenvalue weighted by Crippen LogP contribution is 2.28. The van der Waals surface area contributed by atoms with Crippen LogP contribution in [0.2, 0.25) is 0 Å². The second-order valence-electron chi connectivity index (χ2n) is 5.78. The van der Waals surface area contributed by atoms with Gasteiger partial charge in [0.2, 0.25) is 0 Å². The van der Waals surface area contributed by atoms with Gasteiger partial charge in [0.05, 0.1) is 0 Å². The van der Waals surface area contributed by atoms with Crippen molar-refractivity contribution in [2.24, 2.45) is 11.7 Å². The molecule has 1 nitrogen and oxygen atoms in total. The summed E-state index contributed by atoms with van der Waals surface area (Å²) < 4.78 is 0. The summed E-state index contributed by atoms with van der Waals surface area (Å²) in [7, 11) is 0. The summed E-state index contributed by atoms with van der Waals surface area (Å²) in [6, 6.07) is 5.06. The highest BCUT2D eigenvalue weighted by atomic mass is 14.6. The first-order valence-corrected chi connectivity index (χ1v) is 6.89. The first-order valence-electron chi connectivity index (χ1n) is 6.89. The van der Waals surface area contributed by atoms with Crippen molar-refractivity contribution in [3.63, 3.8) is 0 Å². The molecule has 1 saturated carbocycles. The number of aryl methyl sites for hydroxylation is 1. The Hall–Kier alpha value is -0.820. The molecule has 0 bridgehead atoms. The fourth-order valence-corrected chi connectivity index (χ4v) is 2.94. The predicted octanol–water partition coefficient (Wildman–Crippen LogP) is 3.67. The van der Waals surface area contributed by atoms with Crippen LogP contribution in [0, 0.1) is 26.7 Å².